The second-order valence-corrected chi connectivity index (χ2v) is 12.3. The lowest BCUT2D eigenvalue weighted by atomic mass is 9.75. The highest BCUT2D eigenvalue weighted by Crippen LogP contribution is 2.46. The van der Waals surface area contributed by atoms with Crippen LogP contribution in [0.1, 0.15) is 56.2 Å². The number of rotatable bonds is 3. The zero-order valence-corrected chi connectivity index (χ0v) is 23.7. The van der Waals surface area contributed by atoms with Gasteiger partial charge in [-0.1, -0.05) is 30.3 Å². The van der Waals surface area contributed by atoms with Gasteiger partial charge in [0.1, 0.15) is 11.8 Å². The van der Waals surface area contributed by atoms with Crippen molar-refractivity contribution in [3.63, 3.8) is 0 Å². The van der Waals surface area contributed by atoms with Crippen molar-refractivity contribution in [1.82, 2.24) is 15.1 Å². The van der Waals surface area contributed by atoms with Gasteiger partial charge in [0.2, 0.25) is 0 Å². The molecule has 3 fully saturated rings. The van der Waals surface area contributed by atoms with Crippen LogP contribution in [-0.2, 0) is 10.9 Å². The molecule has 6 rings (SSSR count). The molecule has 42 heavy (non-hydrogen) atoms. The lowest BCUT2D eigenvalue weighted by Crippen LogP contribution is -2.79. The van der Waals surface area contributed by atoms with Crippen LogP contribution in [0.2, 0.25) is 0 Å². The molecule has 2 aromatic rings. The van der Waals surface area contributed by atoms with Gasteiger partial charge < -0.3 is 20.3 Å². The quantitative estimate of drug-likeness (QED) is 0.483. The first-order valence-electron chi connectivity index (χ1n) is 14.2. The maximum absolute atomic E-state index is 13.6. The molecule has 0 aromatic heterocycles. The monoisotopic (exact) mass is 581 g/mol. The number of carbonyl (C=O) groups excluding carboxylic acids is 2. The number of halogens is 3. The van der Waals surface area contributed by atoms with E-state index in [-0.39, 0.29) is 24.1 Å². The number of hydrogen-bond acceptors (Lipinski definition) is 5. The number of carbonyl (C=O) groups is 2. The normalized spacial score (nSPS) is 26.7. The highest BCUT2D eigenvalue weighted by Gasteiger charge is 2.64. The van der Waals surface area contributed by atoms with E-state index in [0.717, 1.165) is 30.5 Å². The van der Waals surface area contributed by atoms with E-state index in [4.69, 9.17) is 9.73 Å². The summed E-state index contributed by atoms with van der Waals surface area (Å²) in [6, 6.07) is 12.3. The fourth-order valence-electron chi connectivity index (χ4n) is 6.41. The number of aliphatic imine (C=N–C) groups is 1. The zero-order valence-electron chi connectivity index (χ0n) is 23.7. The average molecular weight is 582 g/mol. The molecule has 11 heteroatoms. The van der Waals surface area contributed by atoms with Crippen LogP contribution >= 0.6 is 0 Å². The van der Waals surface area contributed by atoms with Crippen LogP contribution in [0.3, 0.4) is 0 Å². The highest BCUT2D eigenvalue weighted by atomic mass is 19.4. The molecular weight excluding hydrogens is 547 g/mol. The third-order valence-electron chi connectivity index (χ3n) is 8.37. The minimum atomic E-state index is -4.46. The first-order valence-corrected chi connectivity index (χ1v) is 14.2. The first-order chi connectivity index (χ1) is 19.8. The molecule has 0 saturated carbocycles. The molecule has 3 amide bonds. The van der Waals surface area contributed by atoms with E-state index < -0.39 is 29.0 Å². The summed E-state index contributed by atoms with van der Waals surface area (Å²) in [5.74, 6) is 0.119. The van der Waals surface area contributed by atoms with Crippen molar-refractivity contribution in [3.05, 3.63) is 77.4 Å². The van der Waals surface area contributed by atoms with Gasteiger partial charge >= 0.3 is 18.3 Å². The molecule has 4 heterocycles. The summed E-state index contributed by atoms with van der Waals surface area (Å²) < 4.78 is 45.5. The van der Waals surface area contributed by atoms with Gasteiger partial charge in [0, 0.05) is 30.3 Å². The van der Waals surface area contributed by atoms with Gasteiger partial charge in [0.15, 0.2) is 0 Å². The largest absolute Gasteiger partial charge is 0.444 e. The number of dihydropyridines is 1. The van der Waals surface area contributed by atoms with Crippen molar-refractivity contribution in [1.29, 1.82) is 0 Å². The molecule has 3 unspecified atom stereocenters. The molecule has 1 spiro atoms. The van der Waals surface area contributed by atoms with Crippen LogP contribution in [0.25, 0.3) is 0 Å². The van der Waals surface area contributed by atoms with E-state index in [9.17, 15) is 22.8 Å². The Kier molecular flexibility index (Phi) is 6.83. The Balaban J connectivity index is 1.17. The van der Waals surface area contributed by atoms with Crippen LogP contribution in [0.4, 0.5) is 28.4 Å². The second-order valence-electron chi connectivity index (χ2n) is 12.3. The molecular formula is C31H34F3N5O3. The Hall–Kier alpha value is -3.86. The number of alkyl halides is 3. The SMILES string of the molecule is CC(C)(C)OC(=O)N1CCC(c2cccc(NC(=O)N3C4N=C(c5cccc(C(F)(F)F)c5)C=CC45NCC[C@H]35)c2)C1. The van der Waals surface area contributed by atoms with Gasteiger partial charge in [-0.15, -0.1) is 0 Å². The van der Waals surface area contributed by atoms with E-state index >= 15 is 0 Å². The summed E-state index contributed by atoms with van der Waals surface area (Å²) in [7, 11) is 0. The van der Waals surface area contributed by atoms with Crippen LogP contribution < -0.4 is 10.6 Å². The van der Waals surface area contributed by atoms with E-state index in [1.807, 2.05) is 51.1 Å². The van der Waals surface area contributed by atoms with Crippen LogP contribution in [0.15, 0.2) is 65.7 Å². The van der Waals surface area contributed by atoms with Crippen LogP contribution in [0.5, 0.6) is 0 Å². The maximum atomic E-state index is 13.6. The van der Waals surface area contributed by atoms with Crippen LogP contribution in [0, 0.1) is 0 Å². The van der Waals surface area contributed by atoms with Crippen molar-refractivity contribution in [2.24, 2.45) is 4.99 Å². The topological polar surface area (TPSA) is 86.3 Å². The van der Waals surface area contributed by atoms with Gasteiger partial charge in [-0.2, -0.15) is 13.2 Å². The van der Waals surface area contributed by atoms with Crippen molar-refractivity contribution in [2.75, 3.05) is 25.0 Å². The molecule has 2 aromatic carbocycles. The van der Waals surface area contributed by atoms with E-state index in [1.54, 1.807) is 21.9 Å². The molecule has 4 aliphatic rings. The molecule has 8 nitrogen and oxygen atoms in total. The summed E-state index contributed by atoms with van der Waals surface area (Å²) in [4.78, 5) is 34.3. The van der Waals surface area contributed by atoms with Crippen molar-refractivity contribution in [2.45, 2.75) is 69.1 Å². The predicted octanol–water partition coefficient (Wildman–Crippen LogP) is 5.76. The minimum absolute atomic E-state index is 0.119. The molecule has 4 atom stereocenters. The Labute approximate surface area is 242 Å². The molecule has 3 saturated heterocycles. The number of urea groups is 1. The van der Waals surface area contributed by atoms with E-state index in [2.05, 4.69) is 10.6 Å². The Morgan fingerprint density at radius 3 is 2.64 bits per heavy atom. The highest BCUT2D eigenvalue weighted by molar-refractivity contribution is 6.10. The Bertz CT molecular complexity index is 1470. The first kappa shape index (κ1) is 28.3. The van der Waals surface area contributed by atoms with Crippen LogP contribution in [-0.4, -0.2) is 70.6 Å². The van der Waals surface area contributed by atoms with Crippen molar-refractivity contribution >= 4 is 23.5 Å². The molecule has 0 aliphatic carbocycles. The number of allylic oxidation sites excluding steroid dienone is 1. The fourth-order valence-corrected chi connectivity index (χ4v) is 6.41. The third kappa shape index (κ3) is 5.14. The number of hydrogen-bond donors (Lipinski definition) is 2. The third-order valence-corrected chi connectivity index (χ3v) is 8.37. The Morgan fingerprint density at radius 1 is 1.10 bits per heavy atom. The van der Waals surface area contributed by atoms with Gasteiger partial charge in [0.25, 0.3) is 0 Å². The molecule has 0 radical (unpaired) electrons. The van der Waals surface area contributed by atoms with Gasteiger partial charge in [-0.3, -0.25) is 9.89 Å². The lowest BCUT2D eigenvalue weighted by Gasteiger charge is -2.58. The summed E-state index contributed by atoms with van der Waals surface area (Å²) in [6.45, 7) is 7.37. The van der Waals surface area contributed by atoms with Gasteiger partial charge in [-0.05, 0) is 76.1 Å². The summed E-state index contributed by atoms with van der Waals surface area (Å²) in [5.41, 5.74) is 0.568. The lowest BCUT2D eigenvalue weighted by molar-refractivity contribution is -0.137. The number of benzene rings is 2. The standard InChI is InChI=1S/C31H34F3N5O3/c1-29(2,3)42-28(41)38-15-12-21(18-38)19-6-5-9-23(17-19)36-27(40)39-25-11-14-35-30(25)13-10-24(37-26(30)39)20-7-4-8-22(16-20)31(32,33)34/h4-10,13,16-17,21,25-26,35H,11-12,14-15,18H2,1-3H3,(H,36,40)/t21?,25-,26?,30?/m0/s1. The molecule has 2 N–H and O–H groups in total. The fraction of sp³-hybridized carbons (Fsp3) is 0.452. The summed E-state index contributed by atoms with van der Waals surface area (Å²) >= 11 is 0. The summed E-state index contributed by atoms with van der Waals surface area (Å²) in [6.07, 6.45) is -0.145. The molecule has 4 aliphatic heterocycles. The smallest absolute Gasteiger partial charge is 0.416 e. The number of likely N-dealkylation sites (tertiary alicyclic amines) is 2. The van der Waals surface area contributed by atoms with Crippen molar-refractivity contribution in [3.8, 4) is 0 Å². The van der Waals surface area contributed by atoms with E-state index in [1.165, 1.54) is 6.07 Å². The number of amides is 3. The predicted molar refractivity (Wildman–Crippen MR) is 153 cm³/mol. The number of anilines is 1. The minimum Gasteiger partial charge on any atom is -0.444 e. The molecule has 222 valence electrons. The average Bonchev–Trinajstić information content (AvgIpc) is 3.53. The van der Waals surface area contributed by atoms with Gasteiger partial charge in [-0.25, -0.2) is 9.59 Å². The van der Waals surface area contributed by atoms with Gasteiger partial charge in [0.05, 0.1) is 22.9 Å². The van der Waals surface area contributed by atoms with E-state index in [0.29, 0.717) is 36.6 Å². The van der Waals surface area contributed by atoms with Crippen molar-refractivity contribution < 1.29 is 27.5 Å². The second kappa shape index (κ2) is 10.1. The number of ether oxygens (including phenoxy) is 1. The summed E-state index contributed by atoms with van der Waals surface area (Å²) in [5, 5.41) is 6.47. The maximum Gasteiger partial charge on any atom is 0.416 e. The zero-order chi connectivity index (χ0) is 29.9. The number of nitrogens with zero attached hydrogens (tertiary/aromatic N) is 3. The Morgan fingerprint density at radius 2 is 1.88 bits per heavy atom. The molecule has 0 bridgehead atoms. The number of nitrogens with one attached hydrogen (secondary N) is 2.